The van der Waals surface area contributed by atoms with Crippen molar-refractivity contribution in [3.05, 3.63) is 59.7 Å². The van der Waals surface area contributed by atoms with Gasteiger partial charge in [-0.15, -0.1) is 11.8 Å². The third-order valence-electron chi connectivity index (χ3n) is 2.87. The first-order valence-corrected chi connectivity index (χ1v) is 7.26. The molecule has 20 heavy (non-hydrogen) atoms. The zero-order chi connectivity index (χ0) is 14.6. The fourth-order valence-electron chi connectivity index (χ4n) is 1.80. The normalized spacial score (nSPS) is 11.4. The largest absolute Gasteiger partial charge is 0.416 e. The van der Waals surface area contributed by atoms with Gasteiger partial charge in [-0.2, -0.15) is 13.2 Å². The molecule has 0 aliphatic rings. The smallest absolute Gasteiger partial charge is 0.380 e. The fraction of sp³-hybridized carbons (Fsp3) is 0.200. The van der Waals surface area contributed by atoms with E-state index in [4.69, 9.17) is 0 Å². The molecule has 0 atom stereocenters. The Kier molecular flexibility index (Phi) is 4.60. The van der Waals surface area contributed by atoms with Gasteiger partial charge in [-0.3, -0.25) is 0 Å². The van der Waals surface area contributed by atoms with Crippen LogP contribution in [0.15, 0.2) is 53.4 Å². The average molecular weight is 297 g/mol. The van der Waals surface area contributed by atoms with Gasteiger partial charge in [0.15, 0.2) is 0 Å². The maximum Gasteiger partial charge on any atom is 0.416 e. The molecule has 2 rings (SSSR count). The molecule has 5 heteroatoms. The molecule has 0 bridgehead atoms. The number of thioether (sulfide) groups is 1. The molecule has 0 heterocycles. The van der Waals surface area contributed by atoms with Crippen molar-refractivity contribution in [1.29, 1.82) is 0 Å². The van der Waals surface area contributed by atoms with Crippen LogP contribution in [0.1, 0.15) is 11.1 Å². The molecule has 0 saturated heterocycles. The van der Waals surface area contributed by atoms with Crippen LogP contribution in [-0.4, -0.2) is 6.26 Å². The van der Waals surface area contributed by atoms with Crippen molar-refractivity contribution in [2.24, 2.45) is 0 Å². The van der Waals surface area contributed by atoms with Gasteiger partial charge in [0.1, 0.15) is 0 Å². The Bertz CT molecular complexity index is 564. The molecule has 0 radical (unpaired) electrons. The quantitative estimate of drug-likeness (QED) is 0.793. The van der Waals surface area contributed by atoms with Crippen LogP contribution in [0.5, 0.6) is 0 Å². The highest BCUT2D eigenvalue weighted by atomic mass is 32.2. The molecule has 0 spiro atoms. The number of rotatable bonds is 4. The predicted molar refractivity (Wildman–Crippen MR) is 77.0 cm³/mol. The first kappa shape index (κ1) is 14.8. The van der Waals surface area contributed by atoms with Gasteiger partial charge in [-0.1, -0.05) is 24.3 Å². The zero-order valence-electron chi connectivity index (χ0n) is 10.9. The van der Waals surface area contributed by atoms with Gasteiger partial charge in [0, 0.05) is 17.1 Å². The molecule has 2 aromatic rings. The van der Waals surface area contributed by atoms with E-state index >= 15 is 0 Å². The van der Waals surface area contributed by atoms with Crippen LogP contribution in [0.3, 0.4) is 0 Å². The lowest BCUT2D eigenvalue weighted by atomic mass is 10.1. The summed E-state index contributed by atoms with van der Waals surface area (Å²) in [7, 11) is 0. The van der Waals surface area contributed by atoms with Crippen molar-refractivity contribution in [2.45, 2.75) is 17.6 Å². The van der Waals surface area contributed by atoms with E-state index in [1.165, 1.54) is 12.1 Å². The first-order chi connectivity index (χ1) is 9.50. The summed E-state index contributed by atoms with van der Waals surface area (Å²) < 4.78 is 37.4. The molecule has 0 aliphatic heterocycles. The Morgan fingerprint density at radius 2 is 1.65 bits per heavy atom. The zero-order valence-corrected chi connectivity index (χ0v) is 11.7. The van der Waals surface area contributed by atoms with Crippen LogP contribution in [0, 0.1) is 0 Å². The third-order valence-corrected chi connectivity index (χ3v) is 3.67. The summed E-state index contributed by atoms with van der Waals surface area (Å²) in [6, 6.07) is 13.0. The minimum atomic E-state index is -4.28. The molecule has 0 fully saturated rings. The van der Waals surface area contributed by atoms with Crippen LogP contribution in [0.25, 0.3) is 0 Å². The van der Waals surface area contributed by atoms with Crippen LogP contribution >= 0.6 is 11.8 Å². The summed E-state index contributed by atoms with van der Waals surface area (Å²) in [4.78, 5) is 1.11. The fourth-order valence-corrected chi connectivity index (χ4v) is 2.37. The predicted octanol–water partition coefficient (Wildman–Crippen LogP) is 5.04. The summed E-state index contributed by atoms with van der Waals surface area (Å²) in [6.45, 7) is 0.496. The SMILES string of the molecule is CSc1ccccc1NCc1ccc(C(F)(F)F)cc1. The molecule has 106 valence electrons. The van der Waals surface area contributed by atoms with E-state index in [1.807, 2.05) is 30.5 Å². The number of nitrogens with one attached hydrogen (secondary N) is 1. The number of para-hydroxylation sites is 1. The van der Waals surface area contributed by atoms with Crippen molar-refractivity contribution < 1.29 is 13.2 Å². The molecule has 0 amide bonds. The monoisotopic (exact) mass is 297 g/mol. The van der Waals surface area contributed by atoms with Crippen molar-refractivity contribution in [3.63, 3.8) is 0 Å². The maximum atomic E-state index is 12.5. The molecule has 2 aromatic carbocycles. The summed E-state index contributed by atoms with van der Waals surface area (Å²) in [5.41, 5.74) is 1.18. The Balaban J connectivity index is 2.04. The number of hydrogen-bond donors (Lipinski definition) is 1. The van der Waals surface area contributed by atoms with Crippen LogP contribution < -0.4 is 5.32 Å². The van der Waals surface area contributed by atoms with Gasteiger partial charge in [-0.05, 0) is 36.1 Å². The average Bonchev–Trinajstić information content (AvgIpc) is 2.45. The lowest BCUT2D eigenvalue weighted by Crippen LogP contribution is -2.05. The number of benzene rings is 2. The van der Waals surface area contributed by atoms with Crippen molar-refractivity contribution in [3.8, 4) is 0 Å². The highest BCUT2D eigenvalue weighted by Gasteiger charge is 2.29. The summed E-state index contributed by atoms with van der Waals surface area (Å²) in [5, 5.41) is 3.24. The van der Waals surface area contributed by atoms with E-state index in [0.717, 1.165) is 28.3 Å². The van der Waals surface area contributed by atoms with Gasteiger partial charge < -0.3 is 5.32 Å². The number of hydrogen-bond acceptors (Lipinski definition) is 2. The van der Waals surface area contributed by atoms with Gasteiger partial charge in [0.2, 0.25) is 0 Å². The molecule has 0 aliphatic carbocycles. The van der Waals surface area contributed by atoms with Gasteiger partial charge in [-0.25, -0.2) is 0 Å². The Labute approximate surface area is 120 Å². The number of anilines is 1. The van der Waals surface area contributed by atoms with Crippen LogP contribution in [0.2, 0.25) is 0 Å². The molecule has 0 saturated carbocycles. The lowest BCUT2D eigenvalue weighted by Gasteiger charge is -2.11. The molecular formula is C15H14F3NS. The molecule has 1 nitrogen and oxygen atoms in total. The number of alkyl halides is 3. The highest BCUT2D eigenvalue weighted by molar-refractivity contribution is 7.98. The van der Waals surface area contributed by atoms with Crippen LogP contribution in [0.4, 0.5) is 18.9 Å². The molecule has 0 unspecified atom stereocenters. The summed E-state index contributed by atoms with van der Waals surface area (Å²) >= 11 is 1.63. The van der Waals surface area contributed by atoms with E-state index in [9.17, 15) is 13.2 Å². The summed E-state index contributed by atoms with van der Waals surface area (Å²) in [6.07, 6.45) is -2.30. The maximum absolute atomic E-state index is 12.5. The second-order valence-electron chi connectivity index (χ2n) is 4.25. The van der Waals surface area contributed by atoms with Gasteiger partial charge >= 0.3 is 6.18 Å². The third kappa shape index (κ3) is 3.70. The molecular weight excluding hydrogens is 283 g/mol. The summed E-state index contributed by atoms with van der Waals surface area (Å²) in [5.74, 6) is 0. The molecule has 0 aromatic heterocycles. The Hall–Kier alpha value is -1.62. The van der Waals surface area contributed by atoms with E-state index < -0.39 is 11.7 Å². The topological polar surface area (TPSA) is 12.0 Å². The highest BCUT2D eigenvalue weighted by Crippen LogP contribution is 2.29. The minimum absolute atomic E-state index is 0.496. The standard InChI is InChI=1S/C15H14F3NS/c1-20-14-5-3-2-4-13(14)19-10-11-6-8-12(9-7-11)15(16,17)18/h2-9,19H,10H2,1H3. The Morgan fingerprint density at radius 1 is 1.00 bits per heavy atom. The minimum Gasteiger partial charge on any atom is -0.380 e. The van der Waals surface area contributed by atoms with E-state index in [0.29, 0.717) is 6.54 Å². The molecule has 1 N–H and O–H groups in total. The lowest BCUT2D eigenvalue weighted by molar-refractivity contribution is -0.137. The Morgan fingerprint density at radius 3 is 2.25 bits per heavy atom. The van der Waals surface area contributed by atoms with Crippen molar-refractivity contribution in [1.82, 2.24) is 0 Å². The second kappa shape index (κ2) is 6.22. The first-order valence-electron chi connectivity index (χ1n) is 6.04. The van der Waals surface area contributed by atoms with Crippen molar-refractivity contribution in [2.75, 3.05) is 11.6 Å². The van der Waals surface area contributed by atoms with E-state index in [2.05, 4.69) is 5.32 Å². The second-order valence-corrected chi connectivity index (χ2v) is 5.10. The van der Waals surface area contributed by atoms with Gasteiger partial charge in [0.05, 0.1) is 5.56 Å². The van der Waals surface area contributed by atoms with Crippen LogP contribution in [-0.2, 0) is 12.7 Å². The van der Waals surface area contributed by atoms with Crippen molar-refractivity contribution >= 4 is 17.4 Å². The number of halogens is 3. The van der Waals surface area contributed by atoms with E-state index in [-0.39, 0.29) is 0 Å². The van der Waals surface area contributed by atoms with Gasteiger partial charge in [0.25, 0.3) is 0 Å². The van der Waals surface area contributed by atoms with E-state index in [1.54, 1.807) is 11.8 Å².